The molecule has 0 aliphatic carbocycles. The molecule has 2 heterocycles. The maximum absolute atomic E-state index is 12.6. The maximum atomic E-state index is 12.6. The van der Waals surface area contributed by atoms with E-state index < -0.39 is 21.5 Å². The van der Waals surface area contributed by atoms with Crippen LogP contribution in [0.1, 0.15) is 39.2 Å². The van der Waals surface area contributed by atoms with Crippen LogP contribution in [0, 0.1) is 17.2 Å². The number of rotatable bonds is 3. The largest absolute Gasteiger partial charge is 0.444 e. The number of nitriles is 1. The lowest BCUT2D eigenvalue weighted by Gasteiger charge is -2.34. The van der Waals surface area contributed by atoms with Gasteiger partial charge in [0.15, 0.2) is 14.9 Å². The molecular weight excluding hydrogens is 342 g/mol. The van der Waals surface area contributed by atoms with Crippen molar-refractivity contribution in [3.05, 3.63) is 23.9 Å². The van der Waals surface area contributed by atoms with Crippen molar-refractivity contribution in [1.29, 1.82) is 5.26 Å². The molecule has 0 radical (unpaired) electrons. The Morgan fingerprint density at radius 1 is 1.48 bits per heavy atom. The molecule has 0 bridgehead atoms. The van der Waals surface area contributed by atoms with Gasteiger partial charge >= 0.3 is 6.09 Å². The minimum atomic E-state index is -3.70. The van der Waals surface area contributed by atoms with Crippen LogP contribution < -0.4 is 0 Å². The van der Waals surface area contributed by atoms with Crippen molar-refractivity contribution in [2.75, 3.05) is 18.8 Å². The third-order valence-corrected chi connectivity index (χ3v) is 5.64. The molecule has 0 N–H and O–H groups in total. The lowest BCUT2D eigenvalue weighted by Crippen LogP contribution is -2.44. The van der Waals surface area contributed by atoms with E-state index in [4.69, 9.17) is 10.00 Å². The number of amides is 1. The van der Waals surface area contributed by atoms with Crippen molar-refractivity contribution in [3.8, 4) is 6.07 Å². The van der Waals surface area contributed by atoms with E-state index in [2.05, 4.69) is 4.98 Å². The summed E-state index contributed by atoms with van der Waals surface area (Å²) >= 11 is 0. The highest BCUT2D eigenvalue weighted by Crippen LogP contribution is 2.23. The molecular formula is C17H23N3O4S. The second-order valence-electron chi connectivity index (χ2n) is 7.18. The van der Waals surface area contributed by atoms with Gasteiger partial charge in [-0.05, 0) is 51.7 Å². The number of ether oxygens (including phenoxy) is 1. The summed E-state index contributed by atoms with van der Waals surface area (Å²) in [6.45, 7) is 6.26. The lowest BCUT2D eigenvalue weighted by atomic mass is 10.0. The average molecular weight is 365 g/mol. The number of likely N-dealkylation sites (tertiary alicyclic amines) is 1. The van der Waals surface area contributed by atoms with Crippen LogP contribution in [0.2, 0.25) is 0 Å². The van der Waals surface area contributed by atoms with Crippen LogP contribution in [0.3, 0.4) is 0 Å². The van der Waals surface area contributed by atoms with Crippen LogP contribution in [0.15, 0.2) is 23.4 Å². The summed E-state index contributed by atoms with van der Waals surface area (Å²) < 4.78 is 30.6. The number of nitrogens with zero attached hydrogens (tertiary/aromatic N) is 3. The molecule has 1 amide bonds. The average Bonchev–Trinajstić information content (AvgIpc) is 2.53. The molecule has 1 atom stereocenters. The van der Waals surface area contributed by atoms with Crippen molar-refractivity contribution in [3.63, 3.8) is 0 Å². The van der Waals surface area contributed by atoms with Crippen LogP contribution in [0.4, 0.5) is 4.79 Å². The zero-order valence-corrected chi connectivity index (χ0v) is 15.5. The third kappa shape index (κ3) is 5.16. The summed E-state index contributed by atoms with van der Waals surface area (Å²) in [4.78, 5) is 17.6. The van der Waals surface area contributed by atoms with E-state index in [-0.39, 0.29) is 22.3 Å². The van der Waals surface area contributed by atoms with Crippen LogP contribution >= 0.6 is 0 Å². The van der Waals surface area contributed by atoms with Crippen LogP contribution in [-0.2, 0) is 14.6 Å². The number of aromatic nitrogens is 1. The summed E-state index contributed by atoms with van der Waals surface area (Å²) in [5, 5.41) is 8.90. The Kier molecular flexibility index (Phi) is 5.68. The smallest absolute Gasteiger partial charge is 0.410 e. The fraction of sp³-hybridized carbons (Fsp3) is 0.588. The maximum Gasteiger partial charge on any atom is 0.410 e. The molecule has 1 aromatic rings. The minimum Gasteiger partial charge on any atom is -0.444 e. The topological polar surface area (TPSA) is 100 Å². The highest BCUT2D eigenvalue weighted by molar-refractivity contribution is 7.91. The van der Waals surface area contributed by atoms with Gasteiger partial charge < -0.3 is 9.64 Å². The van der Waals surface area contributed by atoms with Gasteiger partial charge in [-0.15, -0.1) is 0 Å². The second kappa shape index (κ2) is 7.40. The Labute approximate surface area is 148 Å². The van der Waals surface area contributed by atoms with Crippen molar-refractivity contribution >= 4 is 15.9 Å². The van der Waals surface area contributed by atoms with Crippen molar-refractivity contribution in [2.45, 2.75) is 44.2 Å². The second-order valence-corrected chi connectivity index (χ2v) is 9.13. The van der Waals surface area contributed by atoms with Gasteiger partial charge in [-0.25, -0.2) is 18.2 Å². The number of carbonyl (C=O) groups excluding carboxylic acids is 1. The normalized spacial score (nSPS) is 18.5. The standard InChI is InChI=1S/C17H23N3O4S/c1-17(2,3)24-16(21)20-9-5-6-13(11-20)12-25(22,23)15-14(10-18)7-4-8-19-15/h4,7-8,13H,5-6,9,11-12H2,1-3H3. The van der Waals surface area contributed by atoms with E-state index >= 15 is 0 Å². The lowest BCUT2D eigenvalue weighted by molar-refractivity contribution is 0.0176. The first-order valence-electron chi connectivity index (χ1n) is 8.18. The fourth-order valence-electron chi connectivity index (χ4n) is 2.81. The molecule has 1 saturated heterocycles. The predicted molar refractivity (Wildman–Crippen MR) is 91.5 cm³/mol. The molecule has 25 heavy (non-hydrogen) atoms. The van der Waals surface area contributed by atoms with E-state index in [0.717, 1.165) is 0 Å². The van der Waals surface area contributed by atoms with E-state index in [0.29, 0.717) is 25.9 Å². The van der Waals surface area contributed by atoms with Crippen LogP contribution in [-0.4, -0.2) is 48.8 Å². The van der Waals surface area contributed by atoms with E-state index in [1.54, 1.807) is 25.7 Å². The number of piperidine rings is 1. The number of carbonyl (C=O) groups is 1. The van der Waals surface area contributed by atoms with Gasteiger partial charge in [0, 0.05) is 19.3 Å². The zero-order chi connectivity index (χ0) is 18.7. The number of hydrogen-bond donors (Lipinski definition) is 0. The number of pyridine rings is 1. The van der Waals surface area contributed by atoms with Gasteiger partial charge in [0.05, 0.1) is 11.3 Å². The van der Waals surface area contributed by atoms with Crippen LogP contribution in [0.25, 0.3) is 0 Å². The van der Waals surface area contributed by atoms with Gasteiger partial charge in [-0.2, -0.15) is 5.26 Å². The number of sulfone groups is 1. The molecule has 0 saturated carbocycles. The Hall–Kier alpha value is -2.14. The van der Waals surface area contributed by atoms with Gasteiger partial charge in [0.1, 0.15) is 11.7 Å². The summed E-state index contributed by atoms with van der Waals surface area (Å²) in [6, 6.07) is 4.83. The summed E-state index contributed by atoms with van der Waals surface area (Å²) in [7, 11) is -3.70. The molecule has 1 fully saturated rings. The summed E-state index contributed by atoms with van der Waals surface area (Å²) in [5.74, 6) is -0.349. The van der Waals surface area contributed by atoms with E-state index in [1.807, 2.05) is 6.07 Å². The predicted octanol–water partition coefficient (Wildman–Crippen LogP) is 2.37. The SMILES string of the molecule is CC(C)(C)OC(=O)N1CCCC(CS(=O)(=O)c2ncccc2C#N)C1. The molecule has 136 valence electrons. The molecule has 0 aromatic carbocycles. The Bertz CT molecular complexity index is 778. The van der Waals surface area contributed by atoms with E-state index in [9.17, 15) is 13.2 Å². The first-order chi connectivity index (χ1) is 11.6. The molecule has 1 aliphatic rings. The third-order valence-electron chi connectivity index (χ3n) is 3.81. The van der Waals surface area contributed by atoms with Crippen molar-refractivity contribution in [1.82, 2.24) is 9.88 Å². The monoisotopic (exact) mass is 365 g/mol. The first kappa shape index (κ1) is 19.2. The fourth-order valence-corrected chi connectivity index (χ4v) is 4.53. The van der Waals surface area contributed by atoms with Gasteiger partial charge in [0.2, 0.25) is 0 Å². The molecule has 1 aliphatic heterocycles. The quantitative estimate of drug-likeness (QED) is 0.815. The summed E-state index contributed by atoms with van der Waals surface area (Å²) in [6.07, 6.45) is 2.35. The van der Waals surface area contributed by atoms with E-state index in [1.165, 1.54) is 18.3 Å². The van der Waals surface area contributed by atoms with Crippen molar-refractivity contribution in [2.24, 2.45) is 5.92 Å². The zero-order valence-electron chi connectivity index (χ0n) is 14.7. The van der Waals surface area contributed by atoms with Gasteiger partial charge in [0.25, 0.3) is 0 Å². The van der Waals surface area contributed by atoms with Gasteiger partial charge in [-0.3, -0.25) is 0 Å². The Balaban J connectivity index is 2.09. The molecule has 8 heteroatoms. The first-order valence-corrected chi connectivity index (χ1v) is 9.83. The van der Waals surface area contributed by atoms with Crippen molar-refractivity contribution < 1.29 is 17.9 Å². The minimum absolute atomic E-state index is 0.0438. The molecule has 7 nitrogen and oxygen atoms in total. The highest BCUT2D eigenvalue weighted by Gasteiger charge is 2.31. The van der Waals surface area contributed by atoms with Crippen LogP contribution in [0.5, 0.6) is 0 Å². The Morgan fingerprint density at radius 2 is 2.20 bits per heavy atom. The summed E-state index contributed by atoms with van der Waals surface area (Å²) in [5.41, 5.74) is -0.548. The molecule has 1 unspecified atom stereocenters. The molecule has 0 spiro atoms. The molecule has 1 aromatic heterocycles. The Morgan fingerprint density at radius 3 is 2.84 bits per heavy atom. The van der Waals surface area contributed by atoms with Gasteiger partial charge in [-0.1, -0.05) is 0 Å². The number of hydrogen-bond acceptors (Lipinski definition) is 6. The molecule has 2 rings (SSSR count). The highest BCUT2D eigenvalue weighted by atomic mass is 32.2.